The highest BCUT2D eigenvalue weighted by Gasteiger charge is 2.33. The fourth-order valence-corrected chi connectivity index (χ4v) is 3.05. The lowest BCUT2D eigenvalue weighted by molar-refractivity contribution is 0.0977. The summed E-state index contributed by atoms with van der Waals surface area (Å²) in [6.45, 7) is 6.09. The SMILES string of the molecule is CCC(=Nc1ccc(O)c2c1C(=O)c1ccccc1C2=O)C(C)C. The number of hydrogen-bond acceptors (Lipinski definition) is 4. The van der Waals surface area contributed by atoms with E-state index in [0.29, 0.717) is 16.8 Å². The highest BCUT2D eigenvalue weighted by atomic mass is 16.3. The fourth-order valence-electron chi connectivity index (χ4n) is 3.05. The molecule has 0 amide bonds. The van der Waals surface area contributed by atoms with Crippen LogP contribution in [-0.2, 0) is 0 Å². The monoisotopic (exact) mass is 321 g/mol. The highest BCUT2D eigenvalue weighted by Crippen LogP contribution is 2.38. The van der Waals surface area contributed by atoms with E-state index < -0.39 is 0 Å². The van der Waals surface area contributed by atoms with Gasteiger partial charge in [0.25, 0.3) is 0 Å². The van der Waals surface area contributed by atoms with Crippen LogP contribution in [-0.4, -0.2) is 22.4 Å². The third kappa shape index (κ3) is 2.44. The normalized spacial score (nSPS) is 13.9. The predicted octanol–water partition coefficient (Wildman–Crippen LogP) is 4.31. The van der Waals surface area contributed by atoms with E-state index in [1.807, 2.05) is 20.8 Å². The molecule has 1 aliphatic carbocycles. The van der Waals surface area contributed by atoms with Gasteiger partial charge < -0.3 is 5.11 Å². The average Bonchev–Trinajstić information content (AvgIpc) is 2.58. The summed E-state index contributed by atoms with van der Waals surface area (Å²) in [6.07, 6.45) is 0.756. The second-order valence-electron chi connectivity index (χ2n) is 6.17. The number of nitrogens with zero attached hydrogens (tertiary/aromatic N) is 1. The summed E-state index contributed by atoms with van der Waals surface area (Å²) in [6, 6.07) is 9.72. The third-order valence-corrected chi connectivity index (χ3v) is 4.32. The van der Waals surface area contributed by atoms with Gasteiger partial charge in [0.05, 0.1) is 16.8 Å². The summed E-state index contributed by atoms with van der Waals surface area (Å²) in [5.74, 6) is -0.549. The van der Waals surface area contributed by atoms with Crippen LogP contribution in [0.4, 0.5) is 5.69 Å². The van der Waals surface area contributed by atoms with Crippen LogP contribution in [0.25, 0.3) is 0 Å². The smallest absolute Gasteiger partial charge is 0.198 e. The van der Waals surface area contributed by atoms with Gasteiger partial charge in [-0.05, 0) is 24.5 Å². The van der Waals surface area contributed by atoms with Gasteiger partial charge in [0.2, 0.25) is 0 Å². The minimum absolute atomic E-state index is 0.0548. The maximum Gasteiger partial charge on any atom is 0.198 e. The summed E-state index contributed by atoms with van der Waals surface area (Å²) < 4.78 is 0. The number of phenolic OH excluding ortho intramolecular Hbond substituents is 1. The molecule has 0 unspecified atom stereocenters. The summed E-state index contributed by atoms with van der Waals surface area (Å²) in [4.78, 5) is 30.3. The first-order valence-corrected chi connectivity index (χ1v) is 8.07. The Kier molecular flexibility index (Phi) is 4.06. The van der Waals surface area contributed by atoms with E-state index in [4.69, 9.17) is 0 Å². The third-order valence-electron chi connectivity index (χ3n) is 4.32. The van der Waals surface area contributed by atoms with E-state index in [-0.39, 0.29) is 34.4 Å². The number of fused-ring (bicyclic) bond motifs is 2. The molecule has 3 rings (SSSR count). The van der Waals surface area contributed by atoms with E-state index in [1.54, 1.807) is 30.3 Å². The van der Waals surface area contributed by atoms with Crippen molar-refractivity contribution in [2.24, 2.45) is 10.9 Å². The van der Waals surface area contributed by atoms with Crippen molar-refractivity contribution in [3.05, 3.63) is 58.7 Å². The van der Waals surface area contributed by atoms with E-state index in [1.165, 1.54) is 6.07 Å². The molecule has 2 aromatic carbocycles. The van der Waals surface area contributed by atoms with Gasteiger partial charge >= 0.3 is 0 Å². The van der Waals surface area contributed by atoms with Crippen LogP contribution in [0, 0.1) is 5.92 Å². The first kappa shape index (κ1) is 16.1. The van der Waals surface area contributed by atoms with E-state index in [9.17, 15) is 14.7 Å². The Balaban J connectivity index is 2.28. The molecule has 0 heterocycles. The summed E-state index contributed by atoms with van der Waals surface area (Å²) in [5, 5.41) is 10.2. The lowest BCUT2D eigenvalue weighted by Crippen LogP contribution is -2.21. The zero-order valence-corrected chi connectivity index (χ0v) is 14.0. The lowest BCUT2D eigenvalue weighted by Gasteiger charge is -2.20. The van der Waals surface area contributed by atoms with Crippen LogP contribution in [0.1, 0.15) is 59.0 Å². The molecule has 122 valence electrons. The van der Waals surface area contributed by atoms with Crippen molar-refractivity contribution in [1.82, 2.24) is 0 Å². The predicted molar refractivity (Wildman–Crippen MR) is 93.6 cm³/mol. The lowest BCUT2D eigenvalue weighted by atomic mass is 9.82. The summed E-state index contributed by atoms with van der Waals surface area (Å²) >= 11 is 0. The Bertz CT molecular complexity index is 878. The van der Waals surface area contributed by atoms with E-state index in [0.717, 1.165) is 12.1 Å². The standard InChI is InChI=1S/C20H19NO3/c1-4-14(11(2)3)21-15-9-10-16(22)18-17(15)19(23)12-7-5-6-8-13(12)20(18)24/h5-11,22H,4H2,1-3H3. The number of aliphatic imine (C=N–C) groups is 1. The maximum absolute atomic E-state index is 12.9. The largest absolute Gasteiger partial charge is 0.507 e. The van der Waals surface area contributed by atoms with Gasteiger partial charge in [-0.15, -0.1) is 0 Å². The molecule has 1 aliphatic rings. The molecule has 0 saturated heterocycles. The van der Waals surface area contributed by atoms with Crippen molar-refractivity contribution < 1.29 is 14.7 Å². The van der Waals surface area contributed by atoms with Gasteiger partial charge in [0.15, 0.2) is 11.6 Å². The van der Waals surface area contributed by atoms with E-state index >= 15 is 0 Å². The van der Waals surface area contributed by atoms with Crippen molar-refractivity contribution >= 4 is 23.0 Å². The van der Waals surface area contributed by atoms with Gasteiger partial charge in [-0.1, -0.05) is 45.0 Å². The Morgan fingerprint density at radius 2 is 1.58 bits per heavy atom. The Morgan fingerprint density at radius 3 is 2.12 bits per heavy atom. The molecule has 0 aromatic heterocycles. The van der Waals surface area contributed by atoms with Gasteiger partial charge in [-0.2, -0.15) is 0 Å². The van der Waals surface area contributed by atoms with Crippen molar-refractivity contribution in [1.29, 1.82) is 0 Å². The average molecular weight is 321 g/mol. The Labute approximate surface area is 140 Å². The second-order valence-corrected chi connectivity index (χ2v) is 6.17. The van der Waals surface area contributed by atoms with Crippen molar-refractivity contribution in [3.8, 4) is 5.75 Å². The number of aromatic hydroxyl groups is 1. The van der Waals surface area contributed by atoms with Crippen LogP contribution in [0.5, 0.6) is 5.75 Å². The Morgan fingerprint density at radius 1 is 1.00 bits per heavy atom. The minimum atomic E-state index is -0.336. The molecule has 0 aliphatic heterocycles. The molecule has 24 heavy (non-hydrogen) atoms. The number of ketones is 2. The van der Waals surface area contributed by atoms with Gasteiger partial charge in [-0.25, -0.2) is 0 Å². The molecule has 1 N–H and O–H groups in total. The highest BCUT2D eigenvalue weighted by molar-refractivity contribution is 6.31. The Hall–Kier alpha value is -2.75. The van der Waals surface area contributed by atoms with Crippen LogP contribution >= 0.6 is 0 Å². The molecule has 4 heteroatoms. The zero-order chi connectivity index (χ0) is 17.4. The van der Waals surface area contributed by atoms with E-state index in [2.05, 4.69) is 4.99 Å². The van der Waals surface area contributed by atoms with Crippen molar-refractivity contribution in [2.45, 2.75) is 27.2 Å². The van der Waals surface area contributed by atoms with Gasteiger partial charge in [0.1, 0.15) is 5.75 Å². The quantitative estimate of drug-likeness (QED) is 0.731. The molecule has 0 atom stereocenters. The van der Waals surface area contributed by atoms with Crippen molar-refractivity contribution in [3.63, 3.8) is 0 Å². The number of hydrogen-bond donors (Lipinski definition) is 1. The first-order valence-electron chi connectivity index (χ1n) is 8.07. The topological polar surface area (TPSA) is 66.7 Å². The van der Waals surface area contributed by atoms with Crippen LogP contribution in [0.2, 0.25) is 0 Å². The van der Waals surface area contributed by atoms with Gasteiger partial charge in [-0.3, -0.25) is 14.6 Å². The first-order chi connectivity index (χ1) is 11.5. The molecule has 0 fully saturated rings. The summed E-state index contributed by atoms with van der Waals surface area (Å²) in [7, 11) is 0. The molecule has 2 aromatic rings. The van der Waals surface area contributed by atoms with Crippen LogP contribution in [0.3, 0.4) is 0 Å². The molecule has 0 spiro atoms. The minimum Gasteiger partial charge on any atom is -0.507 e. The van der Waals surface area contributed by atoms with Crippen LogP contribution in [0.15, 0.2) is 41.4 Å². The van der Waals surface area contributed by atoms with Crippen molar-refractivity contribution in [2.75, 3.05) is 0 Å². The second kappa shape index (κ2) is 6.04. The fraction of sp³-hybridized carbons (Fsp3) is 0.250. The molecular weight excluding hydrogens is 302 g/mol. The summed E-state index contributed by atoms with van der Waals surface area (Å²) in [5.41, 5.74) is 2.33. The number of phenols is 1. The van der Waals surface area contributed by atoms with Gasteiger partial charge in [0, 0.05) is 16.8 Å². The molecule has 0 saturated carbocycles. The number of carbonyl (C=O) groups excluding carboxylic acids is 2. The maximum atomic E-state index is 12.9. The zero-order valence-electron chi connectivity index (χ0n) is 14.0. The van der Waals surface area contributed by atoms with Crippen LogP contribution < -0.4 is 0 Å². The molecule has 0 bridgehead atoms. The number of benzene rings is 2. The number of rotatable bonds is 3. The molecular formula is C20H19NO3. The number of carbonyl (C=O) groups is 2. The molecule has 4 nitrogen and oxygen atoms in total. The molecule has 0 radical (unpaired) electrons.